The smallest absolute Gasteiger partial charge is 0.336 e. The van der Waals surface area contributed by atoms with Gasteiger partial charge in [0.05, 0.1) is 12.2 Å². The lowest BCUT2D eigenvalue weighted by atomic mass is 9.71. The number of esters is 1. The highest BCUT2D eigenvalue weighted by atomic mass is 35.5. The standard InChI is InChI=1S/C27H28ClNO4/c1-15(2)14-33-27(32)24-16(3)29-22-12-19(17-4-8-20(28)9-5-17)13-23(31)26(22)25(24)18-6-10-21(30)11-7-18/h4-11,15,19,25,29-30H,12-14H2,1-3H3/t19-,25+/m0/s1. The number of carbonyl (C=O) groups is 2. The molecule has 4 rings (SSSR count). The molecule has 2 aromatic carbocycles. The number of ketones is 1. The summed E-state index contributed by atoms with van der Waals surface area (Å²) in [5.41, 5.74) is 4.40. The fraction of sp³-hybridized carbons (Fsp3) is 0.333. The number of ether oxygens (including phenoxy) is 1. The Labute approximate surface area is 199 Å². The first-order valence-corrected chi connectivity index (χ1v) is 11.6. The van der Waals surface area contributed by atoms with E-state index in [4.69, 9.17) is 16.3 Å². The van der Waals surface area contributed by atoms with Crippen molar-refractivity contribution >= 4 is 23.4 Å². The van der Waals surface area contributed by atoms with Gasteiger partial charge in [-0.3, -0.25) is 4.79 Å². The Morgan fingerprint density at radius 1 is 1.09 bits per heavy atom. The summed E-state index contributed by atoms with van der Waals surface area (Å²) < 4.78 is 5.57. The maximum Gasteiger partial charge on any atom is 0.336 e. The predicted octanol–water partition coefficient (Wildman–Crippen LogP) is 5.61. The Morgan fingerprint density at radius 2 is 1.73 bits per heavy atom. The summed E-state index contributed by atoms with van der Waals surface area (Å²) in [6.45, 7) is 6.11. The van der Waals surface area contributed by atoms with E-state index in [1.165, 1.54) is 0 Å². The molecule has 0 saturated heterocycles. The summed E-state index contributed by atoms with van der Waals surface area (Å²) in [5.74, 6) is -0.604. The maximum absolute atomic E-state index is 13.5. The highest BCUT2D eigenvalue weighted by Gasteiger charge is 2.41. The molecule has 1 heterocycles. The highest BCUT2D eigenvalue weighted by molar-refractivity contribution is 6.30. The minimum absolute atomic E-state index is 0.00318. The number of nitrogens with one attached hydrogen (secondary N) is 1. The molecule has 1 aliphatic carbocycles. The van der Waals surface area contributed by atoms with Crippen molar-refractivity contribution in [3.05, 3.63) is 87.2 Å². The molecule has 172 valence electrons. The van der Waals surface area contributed by atoms with Crippen LogP contribution in [0.3, 0.4) is 0 Å². The molecule has 6 heteroatoms. The summed E-state index contributed by atoms with van der Waals surface area (Å²) in [5, 5.41) is 13.8. The van der Waals surface area contributed by atoms with E-state index in [9.17, 15) is 14.7 Å². The number of rotatable bonds is 5. The topological polar surface area (TPSA) is 75.6 Å². The van der Waals surface area contributed by atoms with Crippen LogP contribution >= 0.6 is 11.6 Å². The molecule has 0 aromatic heterocycles. The van der Waals surface area contributed by atoms with Crippen LogP contribution in [0.15, 0.2) is 71.1 Å². The zero-order chi connectivity index (χ0) is 23.7. The zero-order valence-corrected chi connectivity index (χ0v) is 19.8. The van der Waals surface area contributed by atoms with Crippen LogP contribution in [-0.2, 0) is 14.3 Å². The summed E-state index contributed by atoms with van der Waals surface area (Å²) >= 11 is 6.04. The van der Waals surface area contributed by atoms with Crippen molar-refractivity contribution < 1.29 is 19.4 Å². The molecular weight excluding hydrogens is 438 g/mol. The van der Waals surface area contributed by atoms with Gasteiger partial charge in [-0.2, -0.15) is 0 Å². The summed E-state index contributed by atoms with van der Waals surface area (Å²) in [6, 6.07) is 14.3. The lowest BCUT2D eigenvalue weighted by molar-refractivity contribution is -0.140. The van der Waals surface area contributed by atoms with Crippen molar-refractivity contribution in [2.75, 3.05) is 6.61 Å². The van der Waals surface area contributed by atoms with E-state index in [2.05, 4.69) is 5.32 Å². The molecule has 0 fully saturated rings. The number of halogens is 1. The van der Waals surface area contributed by atoms with Gasteiger partial charge in [-0.05, 0) is 60.6 Å². The Kier molecular flexibility index (Phi) is 6.61. The van der Waals surface area contributed by atoms with Crippen LogP contribution in [0.4, 0.5) is 0 Å². The van der Waals surface area contributed by atoms with E-state index in [-0.39, 0.29) is 23.4 Å². The van der Waals surface area contributed by atoms with Crippen molar-refractivity contribution in [3.63, 3.8) is 0 Å². The van der Waals surface area contributed by atoms with E-state index >= 15 is 0 Å². The van der Waals surface area contributed by atoms with Crippen molar-refractivity contribution in [1.29, 1.82) is 0 Å². The van der Waals surface area contributed by atoms with Crippen LogP contribution in [0.5, 0.6) is 5.75 Å². The average Bonchev–Trinajstić information content (AvgIpc) is 2.77. The molecular formula is C27H28ClNO4. The van der Waals surface area contributed by atoms with Crippen molar-refractivity contribution in [2.24, 2.45) is 5.92 Å². The molecule has 1 aliphatic heterocycles. The fourth-order valence-electron chi connectivity index (χ4n) is 4.60. The van der Waals surface area contributed by atoms with Gasteiger partial charge >= 0.3 is 5.97 Å². The highest BCUT2D eigenvalue weighted by Crippen LogP contribution is 2.46. The van der Waals surface area contributed by atoms with Crippen LogP contribution in [0.2, 0.25) is 5.02 Å². The first-order valence-electron chi connectivity index (χ1n) is 11.2. The van der Waals surface area contributed by atoms with Crippen molar-refractivity contribution in [1.82, 2.24) is 5.32 Å². The maximum atomic E-state index is 13.5. The molecule has 0 bridgehead atoms. The first-order chi connectivity index (χ1) is 15.7. The van der Waals surface area contributed by atoms with E-state index in [0.717, 1.165) is 16.8 Å². The predicted molar refractivity (Wildman–Crippen MR) is 128 cm³/mol. The van der Waals surface area contributed by atoms with Gasteiger partial charge in [0.25, 0.3) is 0 Å². The van der Waals surface area contributed by atoms with Crippen LogP contribution in [-0.4, -0.2) is 23.5 Å². The van der Waals surface area contributed by atoms with Crippen LogP contribution in [0.1, 0.15) is 56.6 Å². The van der Waals surface area contributed by atoms with Gasteiger partial charge in [-0.15, -0.1) is 0 Å². The third-order valence-electron chi connectivity index (χ3n) is 6.16. The quantitative estimate of drug-likeness (QED) is 0.561. The molecule has 0 spiro atoms. The molecule has 0 saturated carbocycles. The number of Topliss-reactive ketones (excluding diaryl/α,β-unsaturated/α-hetero) is 1. The number of hydrogen-bond acceptors (Lipinski definition) is 5. The number of benzene rings is 2. The van der Waals surface area contributed by atoms with Gasteiger partial charge in [0.15, 0.2) is 5.78 Å². The number of allylic oxidation sites excluding steroid dienone is 3. The molecule has 2 N–H and O–H groups in total. The summed E-state index contributed by atoms with van der Waals surface area (Å²) in [4.78, 5) is 26.7. The number of dihydropyridines is 1. The largest absolute Gasteiger partial charge is 0.508 e. The summed E-state index contributed by atoms with van der Waals surface area (Å²) in [7, 11) is 0. The van der Waals surface area contributed by atoms with Crippen LogP contribution < -0.4 is 5.32 Å². The molecule has 2 aliphatic rings. The fourth-order valence-corrected chi connectivity index (χ4v) is 4.73. The second-order valence-corrected chi connectivity index (χ2v) is 9.59. The second kappa shape index (κ2) is 9.44. The Morgan fingerprint density at radius 3 is 2.36 bits per heavy atom. The Bertz CT molecular complexity index is 1130. The second-order valence-electron chi connectivity index (χ2n) is 9.15. The van der Waals surface area contributed by atoms with Crippen LogP contribution in [0.25, 0.3) is 0 Å². The molecule has 0 unspecified atom stereocenters. The lowest BCUT2D eigenvalue weighted by Crippen LogP contribution is -2.36. The Balaban J connectivity index is 1.75. The number of aromatic hydroxyl groups is 1. The van der Waals surface area contributed by atoms with Gasteiger partial charge < -0.3 is 15.2 Å². The third kappa shape index (κ3) is 4.83. The molecule has 2 atom stereocenters. The van der Waals surface area contributed by atoms with E-state index in [1.54, 1.807) is 24.3 Å². The van der Waals surface area contributed by atoms with Crippen LogP contribution in [0, 0.1) is 5.92 Å². The number of hydrogen-bond donors (Lipinski definition) is 2. The number of carbonyl (C=O) groups excluding carboxylic acids is 2. The number of phenols is 1. The summed E-state index contributed by atoms with van der Waals surface area (Å²) in [6.07, 6.45) is 1.01. The lowest BCUT2D eigenvalue weighted by Gasteiger charge is -2.36. The average molecular weight is 466 g/mol. The Hall–Kier alpha value is -3.05. The van der Waals surface area contributed by atoms with Gasteiger partial charge in [0, 0.05) is 34.3 Å². The minimum atomic E-state index is -0.541. The monoisotopic (exact) mass is 465 g/mol. The van der Waals surface area contributed by atoms with Gasteiger partial charge in [-0.1, -0.05) is 49.7 Å². The van der Waals surface area contributed by atoms with Gasteiger partial charge in [0.1, 0.15) is 5.75 Å². The first kappa shape index (κ1) is 23.1. The normalized spacial score (nSPS) is 20.6. The van der Waals surface area contributed by atoms with E-state index < -0.39 is 11.9 Å². The molecule has 5 nitrogen and oxygen atoms in total. The SMILES string of the molecule is CC1=C(C(=O)OCC(C)C)[C@@H](c2ccc(O)cc2)C2=C(C[C@H](c3ccc(Cl)cc3)CC2=O)N1. The molecule has 33 heavy (non-hydrogen) atoms. The van der Waals surface area contributed by atoms with E-state index in [1.807, 2.05) is 45.0 Å². The van der Waals surface area contributed by atoms with Gasteiger partial charge in [-0.25, -0.2) is 4.79 Å². The zero-order valence-electron chi connectivity index (χ0n) is 19.0. The number of phenolic OH excluding ortho intramolecular Hbond substituents is 1. The van der Waals surface area contributed by atoms with Gasteiger partial charge in [0.2, 0.25) is 0 Å². The molecule has 0 amide bonds. The molecule has 0 radical (unpaired) electrons. The third-order valence-corrected chi connectivity index (χ3v) is 6.42. The molecule has 2 aromatic rings. The minimum Gasteiger partial charge on any atom is -0.508 e. The van der Waals surface area contributed by atoms with Crippen molar-refractivity contribution in [3.8, 4) is 5.75 Å². The van der Waals surface area contributed by atoms with Crippen molar-refractivity contribution in [2.45, 2.75) is 45.4 Å². The van der Waals surface area contributed by atoms with E-state index in [0.29, 0.717) is 41.3 Å².